The average molecular weight is 324 g/mol. The zero-order chi connectivity index (χ0) is 16.5. The van der Waals surface area contributed by atoms with E-state index in [0.717, 1.165) is 26.0 Å². The highest BCUT2D eigenvalue weighted by Crippen LogP contribution is 2.13. The van der Waals surface area contributed by atoms with Crippen LogP contribution in [-0.2, 0) is 9.47 Å². The highest BCUT2D eigenvalue weighted by molar-refractivity contribution is 5.89. The molecule has 0 saturated carbocycles. The second-order valence-corrected chi connectivity index (χ2v) is 5.60. The van der Waals surface area contributed by atoms with Crippen molar-refractivity contribution < 1.29 is 29.4 Å². The van der Waals surface area contributed by atoms with Crippen LogP contribution in [0.15, 0.2) is 24.3 Å². The normalized spacial score (nSPS) is 18.6. The molecule has 0 unspecified atom stereocenters. The third-order valence-corrected chi connectivity index (χ3v) is 3.70. The summed E-state index contributed by atoms with van der Waals surface area (Å²) in [4.78, 5) is 11.5. The van der Waals surface area contributed by atoms with Crippen molar-refractivity contribution >= 4 is 5.97 Å². The fourth-order valence-corrected chi connectivity index (χ4v) is 2.47. The van der Waals surface area contributed by atoms with Crippen LogP contribution in [0.4, 0.5) is 0 Å². The third-order valence-electron chi connectivity index (χ3n) is 3.70. The summed E-state index contributed by atoms with van der Waals surface area (Å²) in [6.07, 6.45) is 2.02. The lowest BCUT2D eigenvalue weighted by atomic mass is 10.2. The number of esters is 1. The van der Waals surface area contributed by atoms with Crippen molar-refractivity contribution in [1.29, 1.82) is 0 Å². The number of aliphatic hydroxyl groups is 1. The van der Waals surface area contributed by atoms with E-state index in [4.69, 9.17) is 14.2 Å². The van der Waals surface area contributed by atoms with E-state index in [0.29, 0.717) is 30.6 Å². The van der Waals surface area contributed by atoms with Crippen LogP contribution >= 0.6 is 0 Å². The number of rotatable bonds is 9. The first kappa shape index (κ1) is 17.7. The van der Waals surface area contributed by atoms with E-state index < -0.39 is 6.10 Å². The van der Waals surface area contributed by atoms with E-state index in [1.807, 2.05) is 0 Å². The summed E-state index contributed by atoms with van der Waals surface area (Å²) in [6.45, 7) is 4.66. The lowest BCUT2D eigenvalue weighted by Crippen LogP contribution is -2.88. The van der Waals surface area contributed by atoms with Gasteiger partial charge in [-0.3, -0.25) is 0 Å². The largest absolute Gasteiger partial charge is 0.491 e. The lowest BCUT2D eigenvalue weighted by Gasteiger charge is -2.13. The number of hydrogen-bond acceptors (Lipinski definition) is 5. The quantitative estimate of drug-likeness (QED) is 0.641. The van der Waals surface area contributed by atoms with Gasteiger partial charge in [-0.1, -0.05) is 0 Å². The Bertz CT molecular complexity index is 470. The smallest absolute Gasteiger partial charge is 0.338 e. The van der Waals surface area contributed by atoms with Crippen LogP contribution in [-0.4, -0.2) is 56.2 Å². The molecule has 2 atom stereocenters. The van der Waals surface area contributed by atoms with Crippen LogP contribution in [0.25, 0.3) is 0 Å². The van der Waals surface area contributed by atoms with Crippen molar-refractivity contribution in [2.45, 2.75) is 32.0 Å². The lowest BCUT2D eigenvalue weighted by molar-refractivity contribution is -0.666. The van der Waals surface area contributed by atoms with Crippen LogP contribution in [0, 0.1) is 0 Å². The van der Waals surface area contributed by atoms with Gasteiger partial charge in [0.1, 0.15) is 37.7 Å². The SMILES string of the molecule is CCOC(=O)c1ccc(OC[C@H](O)C[NH2+]C[C@@H]2CCCO2)cc1. The summed E-state index contributed by atoms with van der Waals surface area (Å²) < 4.78 is 16.0. The summed E-state index contributed by atoms with van der Waals surface area (Å²) in [5.41, 5.74) is 0.490. The van der Waals surface area contributed by atoms with Gasteiger partial charge in [-0.15, -0.1) is 0 Å². The van der Waals surface area contributed by atoms with E-state index in [9.17, 15) is 9.90 Å². The standard InChI is InChI=1S/C17H25NO5/c1-2-21-17(20)13-5-7-15(8-6-13)23-12-14(19)10-18-11-16-4-3-9-22-16/h5-8,14,16,18-19H,2-4,9-12H2,1H3/p+1/t14-,16+/m1/s1. The number of benzene rings is 1. The van der Waals surface area contributed by atoms with Crippen LogP contribution in [0.2, 0.25) is 0 Å². The molecule has 1 aromatic rings. The molecule has 0 radical (unpaired) electrons. The molecule has 0 aliphatic carbocycles. The summed E-state index contributed by atoms with van der Waals surface area (Å²) >= 11 is 0. The molecule has 0 spiro atoms. The number of aliphatic hydroxyl groups excluding tert-OH is 1. The van der Waals surface area contributed by atoms with Crippen molar-refractivity contribution in [2.24, 2.45) is 0 Å². The Morgan fingerprint density at radius 3 is 2.87 bits per heavy atom. The van der Waals surface area contributed by atoms with Crippen molar-refractivity contribution in [3.63, 3.8) is 0 Å². The minimum absolute atomic E-state index is 0.223. The highest BCUT2D eigenvalue weighted by atomic mass is 16.5. The summed E-state index contributed by atoms with van der Waals surface area (Å²) in [5.74, 6) is 0.277. The maximum Gasteiger partial charge on any atom is 0.338 e. The van der Waals surface area contributed by atoms with Crippen molar-refractivity contribution in [2.75, 3.05) is 32.9 Å². The Morgan fingerprint density at radius 1 is 1.43 bits per heavy atom. The monoisotopic (exact) mass is 324 g/mol. The Hall–Kier alpha value is -1.63. The number of ether oxygens (including phenoxy) is 3. The molecule has 0 bridgehead atoms. The second-order valence-electron chi connectivity index (χ2n) is 5.60. The van der Waals surface area contributed by atoms with Gasteiger partial charge in [0.15, 0.2) is 0 Å². The fourth-order valence-electron chi connectivity index (χ4n) is 2.47. The number of hydrogen-bond donors (Lipinski definition) is 2. The topological polar surface area (TPSA) is 81.6 Å². The average Bonchev–Trinajstić information content (AvgIpc) is 3.07. The molecule has 1 aliphatic rings. The van der Waals surface area contributed by atoms with Crippen molar-refractivity contribution in [3.05, 3.63) is 29.8 Å². The molecule has 1 fully saturated rings. The molecule has 6 nitrogen and oxygen atoms in total. The maximum atomic E-state index is 11.5. The van der Waals surface area contributed by atoms with Crippen LogP contribution in [0.5, 0.6) is 5.75 Å². The molecule has 0 aromatic heterocycles. The Balaban J connectivity index is 1.65. The van der Waals surface area contributed by atoms with Crippen molar-refractivity contribution in [1.82, 2.24) is 0 Å². The predicted molar refractivity (Wildman–Crippen MR) is 84.5 cm³/mol. The first-order valence-corrected chi connectivity index (χ1v) is 8.20. The van der Waals surface area contributed by atoms with Gasteiger partial charge in [-0.25, -0.2) is 4.79 Å². The minimum atomic E-state index is -0.541. The van der Waals surface area contributed by atoms with Crippen LogP contribution in [0.3, 0.4) is 0 Å². The molecule has 2 rings (SSSR count). The summed E-state index contributed by atoms with van der Waals surface area (Å²) in [6, 6.07) is 6.72. The van der Waals surface area contributed by atoms with E-state index in [2.05, 4.69) is 5.32 Å². The zero-order valence-corrected chi connectivity index (χ0v) is 13.6. The predicted octanol–water partition coefficient (Wildman–Crippen LogP) is 0.345. The summed E-state index contributed by atoms with van der Waals surface area (Å²) in [5, 5.41) is 12.0. The number of carbonyl (C=O) groups excluding carboxylic acids is 1. The Kier molecular flexibility index (Phi) is 7.32. The van der Waals surface area contributed by atoms with Crippen LogP contribution in [0.1, 0.15) is 30.1 Å². The second kappa shape index (κ2) is 9.50. The van der Waals surface area contributed by atoms with Gasteiger partial charge in [0, 0.05) is 6.61 Å². The Morgan fingerprint density at radius 2 is 2.22 bits per heavy atom. The van der Waals surface area contributed by atoms with Gasteiger partial charge in [0.05, 0.1) is 12.2 Å². The van der Waals surface area contributed by atoms with Crippen molar-refractivity contribution in [3.8, 4) is 5.75 Å². The van der Waals surface area contributed by atoms with E-state index in [-0.39, 0.29) is 12.6 Å². The van der Waals surface area contributed by atoms with Gasteiger partial charge < -0.3 is 24.6 Å². The van der Waals surface area contributed by atoms with E-state index >= 15 is 0 Å². The number of carbonyl (C=O) groups is 1. The fraction of sp³-hybridized carbons (Fsp3) is 0.588. The molecule has 1 aliphatic heterocycles. The Labute approximate surface area is 136 Å². The first-order valence-electron chi connectivity index (χ1n) is 8.20. The number of nitrogens with two attached hydrogens (primary N) is 1. The molecule has 1 aromatic carbocycles. The number of quaternary nitrogens is 1. The first-order chi connectivity index (χ1) is 11.2. The molecule has 3 N–H and O–H groups in total. The summed E-state index contributed by atoms with van der Waals surface area (Å²) in [7, 11) is 0. The molecule has 23 heavy (non-hydrogen) atoms. The molecule has 128 valence electrons. The van der Waals surface area contributed by atoms with Crippen LogP contribution < -0.4 is 10.1 Å². The van der Waals surface area contributed by atoms with E-state index in [1.54, 1.807) is 31.2 Å². The minimum Gasteiger partial charge on any atom is -0.491 e. The van der Waals surface area contributed by atoms with Gasteiger partial charge in [-0.2, -0.15) is 0 Å². The molecular formula is C17H26NO5+. The molecule has 1 saturated heterocycles. The molecule has 6 heteroatoms. The van der Waals surface area contributed by atoms with Gasteiger partial charge >= 0.3 is 5.97 Å². The zero-order valence-electron chi connectivity index (χ0n) is 13.6. The van der Waals surface area contributed by atoms with Gasteiger partial charge in [-0.05, 0) is 44.0 Å². The maximum absolute atomic E-state index is 11.5. The molecule has 0 amide bonds. The van der Waals surface area contributed by atoms with Gasteiger partial charge in [0.2, 0.25) is 0 Å². The molecule has 1 heterocycles. The van der Waals surface area contributed by atoms with E-state index in [1.165, 1.54) is 0 Å². The highest BCUT2D eigenvalue weighted by Gasteiger charge is 2.17. The third kappa shape index (κ3) is 6.17. The van der Waals surface area contributed by atoms with Gasteiger partial charge in [0.25, 0.3) is 0 Å². The molecular weight excluding hydrogens is 298 g/mol.